The number of aryl methyl sites for hydroxylation is 2. The maximum Gasteiger partial charge on any atom is 0.533 e. The number of benzene rings is 3. The lowest BCUT2D eigenvalue weighted by molar-refractivity contribution is 0.362. The third-order valence-electron chi connectivity index (χ3n) is 4.20. The first-order valence-corrected chi connectivity index (χ1v) is 10.4. The molecule has 0 aliphatic rings. The van der Waals surface area contributed by atoms with Crippen molar-refractivity contribution in [2.24, 2.45) is 0 Å². The number of rotatable bonds is 7. The molecule has 0 bridgehead atoms. The van der Waals surface area contributed by atoms with Gasteiger partial charge in [-0.15, -0.1) is 0 Å². The Bertz CT molecular complexity index is 765. The molecule has 0 fully saturated rings. The standard InChI is InChI=1S/C22H24O3P/c1-3-18-10-14-20(15-11-18)24-26(23,22-8-6-5-7-9-22)25-21-16-12-19(4-2)13-17-21/h5-17,23H,3-4H2,1-2H3/q+1. The summed E-state index contributed by atoms with van der Waals surface area (Å²) < 4.78 is 12.0. The van der Waals surface area contributed by atoms with Crippen LogP contribution in [0.3, 0.4) is 0 Å². The summed E-state index contributed by atoms with van der Waals surface area (Å²) in [5.41, 5.74) is 2.44. The molecule has 0 saturated carbocycles. The van der Waals surface area contributed by atoms with Gasteiger partial charge in [-0.3, -0.25) is 9.05 Å². The molecule has 134 valence electrons. The predicted octanol–water partition coefficient (Wildman–Crippen LogP) is 5.35. The molecule has 0 aliphatic heterocycles. The molecule has 0 atom stereocenters. The Morgan fingerprint density at radius 2 is 1.08 bits per heavy atom. The molecule has 4 heteroatoms. The number of hydrogen-bond acceptors (Lipinski definition) is 3. The van der Waals surface area contributed by atoms with Gasteiger partial charge in [-0.1, -0.05) is 56.3 Å². The van der Waals surface area contributed by atoms with Crippen molar-refractivity contribution in [3.8, 4) is 11.5 Å². The molecule has 0 unspecified atom stereocenters. The van der Waals surface area contributed by atoms with E-state index in [1.807, 2.05) is 78.9 Å². The molecule has 0 saturated heterocycles. The Morgan fingerprint density at radius 1 is 0.654 bits per heavy atom. The molecule has 3 rings (SSSR count). The highest BCUT2D eigenvalue weighted by Crippen LogP contribution is 2.55. The Labute approximate surface area is 155 Å². The van der Waals surface area contributed by atoms with Crippen molar-refractivity contribution in [1.82, 2.24) is 0 Å². The van der Waals surface area contributed by atoms with E-state index in [9.17, 15) is 4.89 Å². The Morgan fingerprint density at radius 3 is 1.46 bits per heavy atom. The van der Waals surface area contributed by atoms with Gasteiger partial charge in [0.1, 0.15) is 0 Å². The SMILES string of the molecule is CCc1ccc(O[P+](O)(Oc2ccc(CC)cc2)c2ccccc2)cc1. The zero-order chi connectivity index (χ0) is 18.4. The minimum Gasteiger partial charge on any atom is -0.274 e. The maximum atomic E-state index is 11.3. The van der Waals surface area contributed by atoms with Gasteiger partial charge in [0.15, 0.2) is 11.5 Å². The van der Waals surface area contributed by atoms with Crippen LogP contribution in [0, 0.1) is 0 Å². The normalized spacial score (nSPS) is 11.2. The lowest BCUT2D eigenvalue weighted by Gasteiger charge is -2.18. The minimum atomic E-state index is -3.31. The van der Waals surface area contributed by atoms with Gasteiger partial charge in [-0.05, 0) is 60.4 Å². The Kier molecular flexibility index (Phi) is 5.92. The summed E-state index contributed by atoms with van der Waals surface area (Å²) in [4.78, 5) is 11.3. The van der Waals surface area contributed by atoms with Crippen molar-refractivity contribution in [2.75, 3.05) is 0 Å². The first kappa shape index (κ1) is 18.4. The third kappa shape index (κ3) is 4.43. The summed E-state index contributed by atoms with van der Waals surface area (Å²) >= 11 is 0. The fraction of sp³-hybridized carbons (Fsp3) is 0.182. The molecule has 0 aliphatic carbocycles. The van der Waals surface area contributed by atoms with Gasteiger partial charge < -0.3 is 0 Å². The summed E-state index contributed by atoms with van der Waals surface area (Å²) in [6.07, 6.45) is 1.91. The molecule has 3 aromatic carbocycles. The van der Waals surface area contributed by atoms with E-state index in [-0.39, 0.29) is 0 Å². The van der Waals surface area contributed by atoms with E-state index in [1.165, 1.54) is 11.1 Å². The molecule has 0 spiro atoms. The van der Waals surface area contributed by atoms with Crippen molar-refractivity contribution in [2.45, 2.75) is 26.7 Å². The fourth-order valence-corrected chi connectivity index (χ4v) is 4.21. The summed E-state index contributed by atoms with van der Waals surface area (Å²) in [6, 6.07) is 24.8. The van der Waals surface area contributed by atoms with Crippen LogP contribution in [-0.4, -0.2) is 4.89 Å². The molecule has 26 heavy (non-hydrogen) atoms. The van der Waals surface area contributed by atoms with E-state index >= 15 is 0 Å². The second kappa shape index (κ2) is 8.35. The van der Waals surface area contributed by atoms with Gasteiger partial charge in [0.2, 0.25) is 5.30 Å². The summed E-state index contributed by atoms with van der Waals surface area (Å²) in [5, 5.41) is 0.638. The number of hydrogen-bond donors (Lipinski definition) is 1. The molecule has 0 radical (unpaired) electrons. The molecular formula is C22H24O3P+. The van der Waals surface area contributed by atoms with Crippen LogP contribution in [0.1, 0.15) is 25.0 Å². The van der Waals surface area contributed by atoms with E-state index in [0.29, 0.717) is 16.8 Å². The summed E-state index contributed by atoms with van der Waals surface area (Å²) in [6.45, 7) is 4.21. The van der Waals surface area contributed by atoms with Gasteiger partial charge in [0.25, 0.3) is 0 Å². The molecule has 3 aromatic rings. The fourth-order valence-electron chi connectivity index (χ4n) is 2.60. The highest BCUT2D eigenvalue weighted by molar-refractivity contribution is 7.69. The average Bonchev–Trinajstić information content (AvgIpc) is 2.70. The van der Waals surface area contributed by atoms with E-state index < -0.39 is 7.94 Å². The molecule has 0 heterocycles. The maximum absolute atomic E-state index is 11.3. The van der Waals surface area contributed by atoms with E-state index in [0.717, 1.165) is 12.8 Å². The van der Waals surface area contributed by atoms with Gasteiger partial charge >= 0.3 is 7.94 Å². The van der Waals surface area contributed by atoms with Gasteiger partial charge in [-0.2, -0.15) is 4.89 Å². The Hall–Kier alpha value is -2.35. The van der Waals surface area contributed by atoms with Crippen LogP contribution in [-0.2, 0) is 12.8 Å². The molecular weight excluding hydrogens is 343 g/mol. The lowest BCUT2D eigenvalue weighted by atomic mass is 10.2. The van der Waals surface area contributed by atoms with Crippen LogP contribution in [0.5, 0.6) is 11.5 Å². The highest BCUT2D eigenvalue weighted by atomic mass is 31.2. The Balaban J connectivity index is 1.90. The van der Waals surface area contributed by atoms with Crippen molar-refractivity contribution in [1.29, 1.82) is 0 Å². The van der Waals surface area contributed by atoms with Crippen molar-refractivity contribution in [3.05, 3.63) is 90.0 Å². The lowest BCUT2D eigenvalue weighted by Crippen LogP contribution is -2.20. The van der Waals surface area contributed by atoms with E-state index in [4.69, 9.17) is 9.05 Å². The van der Waals surface area contributed by atoms with Crippen LogP contribution in [0.25, 0.3) is 0 Å². The second-order valence-electron chi connectivity index (χ2n) is 6.03. The monoisotopic (exact) mass is 367 g/mol. The zero-order valence-corrected chi connectivity index (χ0v) is 16.0. The topological polar surface area (TPSA) is 38.7 Å². The largest absolute Gasteiger partial charge is 0.533 e. The summed E-state index contributed by atoms with van der Waals surface area (Å²) in [5.74, 6) is 1.18. The van der Waals surface area contributed by atoms with Crippen molar-refractivity contribution in [3.63, 3.8) is 0 Å². The van der Waals surface area contributed by atoms with Crippen LogP contribution in [0.2, 0.25) is 0 Å². The third-order valence-corrected chi connectivity index (χ3v) is 6.07. The van der Waals surface area contributed by atoms with Crippen LogP contribution >= 0.6 is 7.94 Å². The van der Waals surface area contributed by atoms with Crippen molar-refractivity contribution < 1.29 is 13.9 Å². The van der Waals surface area contributed by atoms with E-state index in [2.05, 4.69) is 13.8 Å². The predicted molar refractivity (Wildman–Crippen MR) is 108 cm³/mol. The summed E-state index contributed by atoms with van der Waals surface area (Å²) in [7, 11) is -3.31. The van der Waals surface area contributed by atoms with Crippen molar-refractivity contribution >= 4 is 13.2 Å². The van der Waals surface area contributed by atoms with Gasteiger partial charge in [0, 0.05) is 0 Å². The molecule has 0 aromatic heterocycles. The molecule has 3 nitrogen and oxygen atoms in total. The first-order chi connectivity index (χ1) is 12.6. The highest BCUT2D eigenvalue weighted by Gasteiger charge is 2.47. The minimum absolute atomic E-state index is 0.590. The quantitative estimate of drug-likeness (QED) is 0.572. The zero-order valence-electron chi connectivity index (χ0n) is 15.1. The van der Waals surface area contributed by atoms with Crippen LogP contribution < -0.4 is 14.4 Å². The van der Waals surface area contributed by atoms with Crippen LogP contribution in [0.4, 0.5) is 0 Å². The second-order valence-corrected chi connectivity index (χ2v) is 7.96. The smallest absolute Gasteiger partial charge is 0.274 e. The molecule has 0 amide bonds. The van der Waals surface area contributed by atoms with Gasteiger partial charge in [0.05, 0.1) is 0 Å². The molecule has 1 N–H and O–H groups in total. The van der Waals surface area contributed by atoms with Crippen LogP contribution in [0.15, 0.2) is 78.9 Å². The van der Waals surface area contributed by atoms with E-state index in [1.54, 1.807) is 0 Å². The first-order valence-electron chi connectivity index (χ1n) is 8.87. The average molecular weight is 367 g/mol. The van der Waals surface area contributed by atoms with Gasteiger partial charge in [-0.25, -0.2) is 0 Å².